The van der Waals surface area contributed by atoms with Crippen LogP contribution in [0.5, 0.6) is 17.2 Å². The Labute approximate surface area is 131 Å². The van der Waals surface area contributed by atoms with E-state index in [-0.39, 0.29) is 5.75 Å². The Balaban J connectivity index is 1.92. The molecule has 0 spiro atoms. The van der Waals surface area contributed by atoms with Crippen molar-refractivity contribution >= 4 is 18.0 Å². The molecule has 2 aromatic rings. The van der Waals surface area contributed by atoms with Crippen molar-refractivity contribution in [2.24, 2.45) is 5.10 Å². The van der Waals surface area contributed by atoms with Crippen molar-refractivity contribution in [3.63, 3.8) is 0 Å². The Kier molecular flexibility index (Phi) is 3.46. The molecule has 7 nitrogen and oxygen atoms in total. The highest BCUT2D eigenvalue weighted by atomic mass is 16.5. The molecule has 0 saturated heterocycles. The third-order valence-electron chi connectivity index (χ3n) is 3.39. The van der Waals surface area contributed by atoms with E-state index in [4.69, 9.17) is 4.74 Å². The van der Waals surface area contributed by atoms with Crippen molar-refractivity contribution < 1.29 is 24.5 Å². The number of amides is 2. The SMILES string of the molecule is COc1cc(/C=N/N2C(=O)c3ccccc3C2=O)cc(O)c1O. The first-order chi connectivity index (χ1) is 11.0. The van der Waals surface area contributed by atoms with Crippen molar-refractivity contribution in [3.05, 3.63) is 53.1 Å². The smallest absolute Gasteiger partial charge is 0.282 e. The number of carbonyl (C=O) groups excluding carboxylic acids is 2. The quantitative estimate of drug-likeness (QED) is 0.511. The maximum atomic E-state index is 12.1. The lowest BCUT2D eigenvalue weighted by Gasteiger charge is -2.08. The number of hydrogen-bond donors (Lipinski definition) is 2. The van der Waals surface area contributed by atoms with Gasteiger partial charge in [0.2, 0.25) is 5.75 Å². The summed E-state index contributed by atoms with van der Waals surface area (Å²) in [6, 6.07) is 9.09. The van der Waals surface area contributed by atoms with Crippen LogP contribution in [0.15, 0.2) is 41.5 Å². The van der Waals surface area contributed by atoms with Gasteiger partial charge in [0.1, 0.15) is 0 Å². The Morgan fingerprint density at radius 1 is 1.09 bits per heavy atom. The monoisotopic (exact) mass is 312 g/mol. The number of hydrazone groups is 1. The van der Waals surface area contributed by atoms with Crippen LogP contribution < -0.4 is 4.74 Å². The molecule has 0 fully saturated rings. The van der Waals surface area contributed by atoms with E-state index in [1.54, 1.807) is 24.3 Å². The number of fused-ring (bicyclic) bond motifs is 1. The van der Waals surface area contributed by atoms with Crippen molar-refractivity contribution in [2.45, 2.75) is 0 Å². The summed E-state index contributed by atoms with van der Waals surface area (Å²) >= 11 is 0. The second kappa shape index (κ2) is 5.45. The molecule has 0 bridgehead atoms. The zero-order valence-electron chi connectivity index (χ0n) is 12.1. The molecule has 1 aliphatic heterocycles. The Morgan fingerprint density at radius 2 is 1.70 bits per heavy atom. The fourth-order valence-corrected chi connectivity index (χ4v) is 2.25. The molecule has 0 aliphatic carbocycles. The first-order valence-corrected chi connectivity index (χ1v) is 6.64. The Morgan fingerprint density at radius 3 is 2.26 bits per heavy atom. The molecule has 1 aliphatic rings. The van der Waals surface area contributed by atoms with E-state index in [0.29, 0.717) is 16.7 Å². The van der Waals surface area contributed by atoms with Gasteiger partial charge in [0.15, 0.2) is 11.5 Å². The van der Waals surface area contributed by atoms with Gasteiger partial charge in [-0.3, -0.25) is 9.59 Å². The second-order valence-corrected chi connectivity index (χ2v) is 4.80. The van der Waals surface area contributed by atoms with Gasteiger partial charge in [-0.1, -0.05) is 12.1 Å². The largest absolute Gasteiger partial charge is 0.504 e. The second-order valence-electron chi connectivity index (χ2n) is 4.80. The minimum Gasteiger partial charge on any atom is -0.504 e. The van der Waals surface area contributed by atoms with E-state index in [1.807, 2.05) is 0 Å². The lowest BCUT2D eigenvalue weighted by molar-refractivity contribution is 0.0660. The molecular formula is C16H12N2O5. The van der Waals surface area contributed by atoms with E-state index >= 15 is 0 Å². The number of ether oxygens (including phenoxy) is 1. The van der Waals surface area contributed by atoms with Gasteiger partial charge in [-0.15, -0.1) is 0 Å². The molecule has 3 rings (SSSR count). The number of benzene rings is 2. The molecule has 2 aromatic carbocycles. The van der Waals surface area contributed by atoms with Gasteiger partial charge in [-0.25, -0.2) is 0 Å². The summed E-state index contributed by atoms with van der Waals surface area (Å²) in [7, 11) is 1.33. The van der Waals surface area contributed by atoms with Crippen LogP contribution in [0.25, 0.3) is 0 Å². The fraction of sp³-hybridized carbons (Fsp3) is 0.0625. The van der Waals surface area contributed by atoms with E-state index < -0.39 is 23.3 Å². The summed E-state index contributed by atoms with van der Waals surface area (Å²) in [6.45, 7) is 0. The third-order valence-corrected chi connectivity index (χ3v) is 3.39. The van der Waals surface area contributed by atoms with Crippen molar-refractivity contribution in [2.75, 3.05) is 7.11 Å². The highest BCUT2D eigenvalue weighted by molar-refractivity contribution is 6.21. The number of methoxy groups -OCH3 is 1. The highest BCUT2D eigenvalue weighted by Gasteiger charge is 2.35. The summed E-state index contributed by atoms with van der Waals surface area (Å²) in [5.74, 6) is -1.78. The molecule has 2 N–H and O–H groups in total. The minimum absolute atomic E-state index is 0.0498. The van der Waals surface area contributed by atoms with E-state index in [1.165, 1.54) is 25.5 Å². The number of carbonyl (C=O) groups is 2. The zero-order valence-corrected chi connectivity index (χ0v) is 12.1. The number of hydrogen-bond acceptors (Lipinski definition) is 6. The normalized spacial score (nSPS) is 13.7. The molecule has 0 unspecified atom stereocenters. The molecule has 0 radical (unpaired) electrons. The number of imide groups is 1. The predicted molar refractivity (Wildman–Crippen MR) is 80.9 cm³/mol. The van der Waals surface area contributed by atoms with Crippen LogP contribution in [0.3, 0.4) is 0 Å². The van der Waals surface area contributed by atoms with E-state index in [2.05, 4.69) is 5.10 Å². The maximum Gasteiger partial charge on any atom is 0.282 e. The maximum absolute atomic E-state index is 12.1. The van der Waals surface area contributed by atoms with Gasteiger partial charge < -0.3 is 14.9 Å². The fourth-order valence-electron chi connectivity index (χ4n) is 2.25. The summed E-state index contributed by atoms with van der Waals surface area (Å²) in [5.41, 5.74) is 0.940. The Hall–Kier alpha value is -3.35. The van der Waals surface area contributed by atoms with Gasteiger partial charge in [-0.2, -0.15) is 10.1 Å². The standard InChI is InChI=1S/C16H12N2O5/c1-23-13-7-9(6-12(19)14(13)20)8-17-18-15(21)10-4-2-3-5-11(10)16(18)22/h2-8,19-20H,1H3/b17-8+. The molecule has 7 heteroatoms. The van der Waals surface area contributed by atoms with Crippen LogP contribution in [0.4, 0.5) is 0 Å². The number of rotatable bonds is 3. The van der Waals surface area contributed by atoms with Crippen molar-refractivity contribution in [3.8, 4) is 17.2 Å². The van der Waals surface area contributed by atoms with Crippen LogP contribution in [-0.4, -0.2) is 40.4 Å². The van der Waals surface area contributed by atoms with Gasteiger partial charge in [0.05, 0.1) is 24.5 Å². The first kappa shape index (κ1) is 14.6. The number of phenols is 2. The summed E-state index contributed by atoms with van der Waals surface area (Å²) in [4.78, 5) is 24.3. The summed E-state index contributed by atoms with van der Waals surface area (Å²) in [6.07, 6.45) is 1.23. The molecule has 23 heavy (non-hydrogen) atoms. The van der Waals surface area contributed by atoms with Crippen LogP contribution >= 0.6 is 0 Å². The molecule has 1 heterocycles. The predicted octanol–water partition coefficient (Wildman–Crippen LogP) is 1.74. The molecule has 0 atom stereocenters. The Bertz CT molecular complexity index is 809. The summed E-state index contributed by atoms with van der Waals surface area (Å²) < 4.78 is 4.91. The molecule has 0 aromatic heterocycles. The van der Waals surface area contributed by atoms with Crippen LogP contribution in [-0.2, 0) is 0 Å². The van der Waals surface area contributed by atoms with Crippen molar-refractivity contribution in [1.29, 1.82) is 0 Å². The molecule has 116 valence electrons. The van der Waals surface area contributed by atoms with Gasteiger partial charge in [0.25, 0.3) is 11.8 Å². The lowest BCUT2D eigenvalue weighted by Crippen LogP contribution is -2.23. The third kappa shape index (κ3) is 2.38. The topological polar surface area (TPSA) is 99.4 Å². The molecular weight excluding hydrogens is 300 g/mol. The lowest BCUT2D eigenvalue weighted by atomic mass is 10.1. The zero-order chi connectivity index (χ0) is 16.6. The highest BCUT2D eigenvalue weighted by Crippen LogP contribution is 2.35. The molecule has 0 saturated carbocycles. The van der Waals surface area contributed by atoms with E-state index in [0.717, 1.165) is 5.01 Å². The number of aromatic hydroxyl groups is 2. The number of phenolic OH excluding ortho intramolecular Hbond substituents is 2. The summed E-state index contributed by atoms with van der Waals surface area (Å²) in [5, 5.41) is 23.8. The van der Waals surface area contributed by atoms with Crippen LogP contribution in [0.2, 0.25) is 0 Å². The average Bonchev–Trinajstić information content (AvgIpc) is 2.80. The van der Waals surface area contributed by atoms with Gasteiger partial charge in [-0.05, 0) is 24.3 Å². The van der Waals surface area contributed by atoms with Crippen LogP contribution in [0.1, 0.15) is 26.3 Å². The molecule has 2 amide bonds. The van der Waals surface area contributed by atoms with E-state index in [9.17, 15) is 19.8 Å². The minimum atomic E-state index is -0.517. The van der Waals surface area contributed by atoms with Gasteiger partial charge >= 0.3 is 0 Å². The average molecular weight is 312 g/mol. The first-order valence-electron chi connectivity index (χ1n) is 6.64. The van der Waals surface area contributed by atoms with Gasteiger partial charge in [0, 0.05) is 5.56 Å². The number of nitrogens with zero attached hydrogens (tertiary/aromatic N) is 2. The van der Waals surface area contributed by atoms with Crippen molar-refractivity contribution in [1.82, 2.24) is 5.01 Å². The van der Waals surface area contributed by atoms with Crippen LogP contribution in [0, 0.1) is 0 Å².